The Bertz CT molecular complexity index is 596. The zero-order chi connectivity index (χ0) is 16.8. The van der Waals surface area contributed by atoms with Gasteiger partial charge in [-0.1, -0.05) is 18.2 Å². The molecule has 0 atom stereocenters. The Balaban J connectivity index is 3.17. The molecule has 0 unspecified atom stereocenters. The minimum absolute atomic E-state index is 0.0773. The van der Waals surface area contributed by atoms with Crippen LogP contribution in [0.4, 0.5) is 18.9 Å². The van der Waals surface area contributed by atoms with Crippen molar-refractivity contribution in [3.05, 3.63) is 42.0 Å². The minimum atomic E-state index is -5.12. The van der Waals surface area contributed by atoms with Crippen molar-refractivity contribution in [3.8, 4) is 0 Å². The van der Waals surface area contributed by atoms with Crippen LogP contribution in [0.25, 0.3) is 0 Å². The average Bonchev–Trinajstić information content (AvgIpc) is 2.49. The van der Waals surface area contributed by atoms with Gasteiger partial charge in [0, 0.05) is 18.2 Å². The second-order valence-electron chi connectivity index (χ2n) is 4.02. The van der Waals surface area contributed by atoms with E-state index in [2.05, 4.69) is 4.74 Å². The summed E-state index contributed by atoms with van der Waals surface area (Å²) in [5.74, 6) is -2.92. The van der Waals surface area contributed by atoms with Crippen molar-refractivity contribution in [2.45, 2.75) is 6.18 Å². The lowest BCUT2D eigenvalue weighted by molar-refractivity contribution is -0.170. The zero-order valence-electron chi connectivity index (χ0n) is 11.5. The minimum Gasteiger partial charge on any atom is -0.466 e. The summed E-state index contributed by atoms with van der Waals surface area (Å²) in [5, 5.41) is 0. The van der Waals surface area contributed by atoms with Gasteiger partial charge in [0.1, 0.15) is 0 Å². The third kappa shape index (κ3) is 4.44. The van der Waals surface area contributed by atoms with Crippen molar-refractivity contribution in [1.82, 2.24) is 0 Å². The number of aldehydes is 1. The van der Waals surface area contributed by atoms with Gasteiger partial charge in [0.25, 0.3) is 0 Å². The van der Waals surface area contributed by atoms with Crippen LogP contribution in [0.2, 0.25) is 0 Å². The second kappa shape index (κ2) is 7.39. The van der Waals surface area contributed by atoms with Crippen molar-refractivity contribution in [1.29, 1.82) is 0 Å². The zero-order valence-corrected chi connectivity index (χ0v) is 11.5. The monoisotopic (exact) mass is 315 g/mol. The van der Waals surface area contributed by atoms with E-state index in [0.717, 1.165) is 19.3 Å². The molecule has 1 aromatic carbocycles. The van der Waals surface area contributed by atoms with Crippen LogP contribution < -0.4 is 4.90 Å². The highest BCUT2D eigenvalue weighted by atomic mass is 19.4. The van der Waals surface area contributed by atoms with E-state index >= 15 is 0 Å². The van der Waals surface area contributed by atoms with E-state index in [1.54, 1.807) is 0 Å². The topological polar surface area (TPSA) is 63.7 Å². The molecule has 0 saturated carbocycles. The first-order chi connectivity index (χ1) is 10.3. The first kappa shape index (κ1) is 17.4. The maximum absolute atomic E-state index is 12.7. The van der Waals surface area contributed by atoms with Gasteiger partial charge < -0.3 is 9.64 Å². The van der Waals surface area contributed by atoms with Crippen LogP contribution in [0.5, 0.6) is 0 Å². The number of amides is 1. The number of hydrogen-bond donors (Lipinski definition) is 0. The van der Waals surface area contributed by atoms with Crippen LogP contribution in [0.15, 0.2) is 36.4 Å². The molecule has 0 heterocycles. The molecule has 0 aliphatic carbocycles. The Morgan fingerprint density at radius 3 is 2.45 bits per heavy atom. The van der Waals surface area contributed by atoms with Crippen molar-refractivity contribution >= 4 is 23.9 Å². The summed E-state index contributed by atoms with van der Waals surface area (Å²) < 4.78 is 42.3. The molecule has 22 heavy (non-hydrogen) atoms. The predicted octanol–water partition coefficient (Wildman–Crippen LogP) is 2.12. The summed E-state index contributed by atoms with van der Waals surface area (Å²) in [4.78, 5) is 33.7. The van der Waals surface area contributed by atoms with E-state index < -0.39 is 24.6 Å². The molecule has 0 saturated heterocycles. The number of hydrogen-bond acceptors (Lipinski definition) is 4. The maximum Gasteiger partial charge on any atom is 0.471 e. The van der Waals surface area contributed by atoms with Crippen LogP contribution >= 0.6 is 0 Å². The molecule has 0 aliphatic heterocycles. The molecule has 118 valence electrons. The van der Waals surface area contributed by atoms with Crippen LogP contribution in [-0.4, -0.2) is 38.0 Å². The number of carbonyl (C=O) groups excluding carboxylic acids is 3. The van der Waals surface area contributed by atoms with Gasteiger partial charge in [-0.05, 0) is 12.1 Å². The number of methoxy groups -OCH3 is 1. The Hall–Kier alpha value is -2.64. The number of alkyl halides is 3. The normalized spacial score (nSPS) is 11.3. The summed E-state index contributed by atoms with van der Waals surface area (Å²) >= 11 is 0. The highest BCUT2D eigenvalue weighted by Gasteiger charge is 2.43. The highest BCUT2D eigenvalue weighted by Crippen LogP contribution is 2.25. The van der Waals surface area contributed by atoms with E-state index in [4.69, 9.17) is 0 Å². The first-order valence-electron chi connectivity index (χ1n) is 5.98. The number of ether oxygens (including phenoxy) is 1. The molecule has 0 radical (unpaired) electrons. The Morgan fingerprint density at radius 2 is 1.91 bits per heavy atom. The average molecular weight is 315 g/mol. The fraction of sp³-hybridized carbons (Fsp3) is 0.214. The third-order valence-electron chi connectivity index (χ3n) is 2.59. The second-order valence-corrected chi connectivity index (χ2v) is 4.02. The number of carbonyl (C=O) groups is 3. The number of rotatable bonds is 5. The van der Waals surface area contributed by atoms with Gasteiger partial charge in [0.05, 0.1) is 12.8 Å². The maximum atomic E-state index is 12.7. The number of halogens is 3. The molecule has 1 amide bonds. The predicted molar refractivity (Wildman–Crippen MR) is 71.4 cm³/mol. The SMILES string of the molecule is COC(=O)/C=C/CN(C(=O)C(F)(F)F)c1ccccc1C=O. The summed E-state index contributed by atoms with van der Waals surface area (Å²) in [5.41, 5.74) is -0.277. The molecule has 8 heteroatoms. The largest absolute Gasteiger partial charge is 0.471 e. The van der Waals surface area contributed by atoms with Crippen LogP contribution in [-0.2, 0) is 14.3 Å². The van der Waals surface area contributed by atoms with Crippen LogP contribution in [0.1, 0.15) is 10.4 Å². The van der Waals surface area contributed by atoms with Crippen LogP contribution in [0, 0.1) is 0 Å². The number of nitrogens with zero attached hydrogens (tertiary/aromatic N) is 1. The lowest BCUT2D eigenvalue weighted by Gasteiger charge is -2.23. The van der Waals surface area contributed by atoms with Gasteiger partial charge in [-0.3, -0.25) is 9.59 Å². The number of esters is 1. The van der Waals surface area contributed by atoms with Gasteiger partial charge in [0.15, 0.2) is 6.29 Å². The van der Waals surface area contributed by atoms with Gasteiger partial charge in [-0.15, -0.1) is 0 Å². The summed E-state index contributed by atoms with van der Waals surface area (Å²) in [6, 6.07) is 5.33. The van der Waals surface area contributed by atoms with Gasteiger partial charge in [0.2, 0.25) is 0 Å². The number of anilines is 1. The fourth-order valence-corrected chi connectivity index (χ4v) is 1.60. The van der Waals surface area contributed by atoms with E-state index in [1.807, 2.05) is 0 Å². The van der Waals surface area contributed by atoms with E-state index in [0.29, 0.717) is 11.2 Å². The smallest absolute Gasteiger partial charge is 0.466 e. The van der Waals surface area contributed by atoms with Gasteiger partial charge >= 0.3 is 18.1 Å². The van der Waals surface area contributed by atoms with Crippen LogP contribution in [0.3, 0.4) is 0 Å². The first-order valence-corrected chi connectivity index (χ1v) is 5.98. The Morgan fingerprint density at radius 1 is 1.27 bits per heavy atom. The molecular formula is C14H12F3NO4. The lowest BCUT2D eigenvalue weighted by Crippen LogP contribution is -2.41. The molecule has 0 N–H and O–H groups in total. The lowest BCUT2D eigenvalue weighted by atomic mass is 10.1. The van der Waals surface area contributed by atoms with Crippen molar-refractivity contribution in [3.63, 3.8) is 0 Å². The van der Waals surface area contributed by atoms with Crippen molar-refractivity contribution < 1.29 is 32.3 Å². The molecule has 5 nitrogen and oxygen atoms in total. The molecule has 0 aromatic heterocycles. The molecular weight excluding hydrogens is 303 g/mol. The van der Waals surface area contributed by atoms with Gasteiger partial charge in [-0.25, -0.2) is 4.79 Å². The fourth-order valence-electron chi connectivity index (χ4n) is 1.60. The standard InChI is InChI=1S/C14H12F3NO4/c1-22-12(20)7-4-8-18(13(21)14(15,16)17)11-6-3-2-5-10(11)9-19/h2-7,9H,8H2,1H3/b7-4+. The molecule has 1 rings (SSSR count). The molecule has 1 aromatic rings. The van der Waals surface area contributed by atoms with E-state index in [-0.39, 0.29) is 11.3 Å². The quantitative estimate of drug-likeness (QED) is 0.474. The van der Waals surface area contributed by atoms with Crippen molar-refractivity contribution in [2.75, 3.05) is 18.6 Å². The molecule has 0 spiro atoms. The molecule has 0 aliphatic rings. The summed E-state index contributed by atoms with van der Waals surface area (Å²) in [6.07, 6.45) is -2.84. The molecule has 0 bridgehead atoms. The van der Waals surface area contributed by atoms with Gasteiger partial charge in [-0.2, -0.15) is 13.2 Å². The van der Waals surface area contributed by atoms with E-state index in [9.17, 15) is 27.6 Å². The molecule has 0 fully saturated rings. The highest BCUT2D eigenvalue weighted by molar-refractivity contribution is 6.01. The van der Waals surface area contributed by atoms with Crippen molar-refractivity contribution in [2.24, 2.45) is 0 Å². The number of benzene rings is 1. The Labute approximate surface area is 124 Å². The Kier molecular flexibility index (Phi) is 5.85. The third-order valence-corrected chi connectivity index (χ3v) is 2.59. The summed E-state index contributed by atoms with van der Waals surface area (Å²) in [6.45, 7) is -0.543. The summed E-state index contributed by atoms with van der Waals surface area (Å²) in [7, 11) is 1.10. The van der Waals surface area contributed by atoms with E-state index in [1.165, 1.54) is 24.3 Å². The number of para-hydroxylation sites is 1.